The lowest BCUT2D eigenvalue weighted by Crippen LogP contribution is -2.30. The second-order valence-electron chi connectivity index (χ2n) is 8.31. The first-order chi connectivity index (χ1) is 15.8. The second kappa shape index (κ2) is 9.43. The van der Waals surface area contributed by atoms with Crippen LogP contribution in [0.2, 0.25) is 0 Å². The van der Waals surface area contributed by atoms with Crippen molar-refractivity contribution in [2.75, 3.05) is 18.4 Å². The molecule has 2 aliphatic rings. The van der Waals surface area contributed by atoms with Gasteiger partial charge in [0.1, 0.15) is 16.4 Å². The van der Waals surface area contributed by atoms with Crippen molar-refractivity contribution in [3.63, 3.8) is 0 Å². The number of carbonyl (C=O) groups excluding carboxylic acids is 2. The Morgan fingerprint density at radius 1 is 1.00 bits per heavy atom. The molecule has 2 aromatic rings. The fourth-order valence-electron chi connectivity index (χ4n) is 4.59. The standard InChI is InChI=1S/C24H28N2O6S/c1-3-32-18-11-9-17(10-12-18)25-33(29,30)22-14-16(8-13-21(22)31-2)15-26-23(27)19-6-4-5-7-20(19)24(26)28/h8-14,19-20,25H,3-7,15H2,1-2H3/t19-,20-/m0/s1. The van der Waals surface area contributed by atoms with E-state index < -0.39 is 10.0 Å². The number of hydrogen-bond acceptors (Lipinski definition) is 6. The van der Waals surface area contributed by atoms with E-state index in [9.17, 15) is 18.0 Å². The fourth-order valence-corrected chi connectivity index (χ4v) is 5.87. The number of carbonyl (C=O) groups is 2. The van der Waals surface area contributed by atoms with Crippen molar-refractivity contribution in [1.82, 2.24) is 4.90 Å². The van der Waals surface area contributed by atoms with Crippen LogP contribution in [0.1, 0.15) is 38.2 Å². The van der Waals surface area contributed by atoms with E-state index in [1.807, 2.05) is 6.92 Å². The van der Waals surface area contributed by atoms with E-state index in [0.717, 1.165) is 25.7 Å². The minimum absolute atomic E-state index is 0.0419. The Kier molecular flexibility index (Phi) is 6.60. The minimum Gasteiger partial charge on any atom is -0.495 e. The molecule has 0 unspecified atom stereocenters. The van der Waals surface area contributed by atoms with E-state index in [4.69, 9.17) is 9.47 Å². The topological polar surface area (TPSA) is 102 Å². The quantitative estimate of drug-likeness (QED) is 0.590. The van der Waals surface area contributed by atoms with Gasteiger partial charge in [-0.05, 0) is 61.7 Å². The van der Waals surface area contributed by atoms with Crippen LogP contribution in [0.4, 0.5) is 5.69 Å². The third-order valence-electron chi connectivity index (χ3n) is 6.21. The van der Waals surface area contributed by atoms with Crippen molar-refractivity contribution < 1.29 is 27.5 Å². The normalized spacial score (nSPS) is 20.5. The third-order valence-corrected chi connectivity index (χ3v) is 7.61. The molecule has 0 bridgehead atoms. The highest BCUT2D eigenvalue weighted by Gasteiger charge is 2.47. The maximum Gasteiger partial charge on any atom is 0.265 e. The number of hydrogen-bond donors (Lipinski definition) is 1. The number of likely N-dealkylation sites (tertiary alicyclic amines) is 1. The monoisotopic (exact) mass is 472 g/mol. The predicted molar refractivity (Wildman–Crippen MR) is 122 cm³/mol. The van der Waals surface area contributed by atoms with E-state index >= 15 is 0 Å². The van der Waals surface area contributed by atoms with Crippen LogP contribution in [-0.2, 0) is 26.2 Å². The first-order valence-corrected chi connectivity index (χ1v) is 12.6. The molecule has 0 spiro atoms. The van der Waals surface area contributed by atoms with Crippen molar-refractivity contribution in [3.8, 4) is 11.5 Å². The summed E-state index contributed by atoms with van der Waals surface area (Å²) in [6.45, 7) is 2.42. The van der Waals surface area contributed by atoms with Crippen molar-refractivity contribution in [2.45, 2.75) is 44.0 Å². The van der Waals surface area contributed by atoms with Crippen LogP contribution < -0.4 is 14.2 Å². The number of sulfonamides is 1. The summed E-state index contributed by atoms with van der Waals surface area (Å²) < 4.78 is 39.5. The molecule has 1 saturated heterocycles. The van der Waals surface area contributed by atoms with Crippen LogP contribution in [0.25, 0.3) is 0 Å². The first kappa shape index (κ1) is 23.1. The number of amides is 2. The van der Waals surface area contributed by atoms with Crippen molar-refractivity contribution in [1.29, 1.82) is 0 Å². The summed E-state index contributed by atoms with van der Waals surface area (Å²) in [5.41, 5.74) is 0.920. The molecule has 2 fully saturated rings. The Bertz CT molecular complexity index is 1120. The summed E-state index contributed by atoms with van der Waals surface area (Å²) >= 11 is 0. The maximum absolute atomic E-state index is 13.1. The number of nitrogens with zero attached hydrogens (tertiary/aromatic N) is 1. The molecule has 33 heavy (non-hydrogen) atoms. The molecule has 2 amide bonds. The summed E-state index contributed by atoms with van der Waals surface area (Å²) in [6.07, 6.45) is 3.38. The minimum atomic E-state index is -3.99. The van der Waals surface area contributed by atoms with E-state index in [2.05, 4.69) is 4.72 Å². The number of methoxy groups -OCH3 is 1. The Morgan fingerprint density at radius 3 is 2.21 bits per heavy atom. The largest absolute Gasteiger partial charge is 0.495 e. The van der Waals surface area contributed by atoms with Crippen molar-refractivity contribution in [3.05, 3.63) is 48.0 Å². The Balaban J connectivity index is 1.57. The molecular formula is C24H28N2O6S. The summed E-state index contributed by atoms with van der Waals surface area (Å²) in [7, 11) is -2.60. The molecule has 1 N–H and O–H groups in total. The molecule has 0 radical (unpaired) electrons. The molecule has 8 nitrogen and oxygen atoms in total. The zero-order valence-electron chi connectivity index (χ0n) is 18.7. The summed E-state index contributed by atoms with van der Waals surface area (Å²) in [6, 6.07) is 11.3. The van der Waals surface area contributed by atoms with Crippen molar-refractivity contribution in [2.24, 2.45) is 11.8 Å². The van der Waals surface area contributed by atoms with Crippen LogP contribution in [0.5, 0.6) is 11.5 Å². The zero-order chi connectivity index (χ0) is 23.6. The molecule has 2 aromatic carbocycles. The van der Waals surface area contributed by atoms with Gasteiger partial charge in [-0.3, -0.25) is 19.2 Å². The van der Waals surface area contributed by atoms with E-state index in [0.29, 0.717) is 23.6 Å². The van der Waals surface area contributed by atoms with Gasteiger partial charge < -0.3 is 9.47 Å². The lowest BCUT2D eigenvalue weighted by Gasteiger charge is -2.19. The van der Waals surface area contributed by atoms with Gasteiger partial charge in [0.15, 0.2) is 0 Å². The number of imide groups is 1. The van der Waals surface area contributed by atoms with Gasteiger partial charge in [0.05, 0.1) is 32.1 Å². The van der Waals surface area contributed by atoms with Gasteiger partial charge in [0.2, 0.25) is 11.8 Å². The highest BCUT2D eigenvalue weighted by atomic mass is 32.2. The summed E-state index contributed by atoms with van der Waals surface area (Å²) in [4.78, 5) is 26.8. The highest BCUT2D eigenvalue weighted by molar-refractivity contribution is 7.92. The van der Waals surface area contributed by atoms with Crippen LogP contribution in [0.15, 0.2) is 47.4 Å². The number of rotatable bonds is 8. The van der Waals surface area contributed by atoms with E-state index in [-0.39, 0.29) is 40.8 Å². The lowest BCUT2D eigenvalue weighted by molar-refractivity contribution is -0.140. The molecule has 9 heteroatoms. The SMILES string of the molecule is CCOc1ccc(NS(=O)(=O)c2cc(CN3C(=O)[C@H]4CCCC[C@@H]4C3=O)ccc2OC)cc1. The van der Waals surface area contributed by atoms with Gasteiger partial charge in [0.25, 0.3) is 10.0 Å². The average molecular weight is 473 g/mol. The first-order valence-electron chi connectivity index (χ1n) is 11.1. The highest BCUT2D eigenvalue weighted by Crippen LogP contribution is 2.39. The Labute approximate surface area is 193 Å². The van der Waals surface area contributed by atoms with E-state index in [1.54, 1.807) is 36.4 Å². The van der Waals surface area contributed by atoms with Crippen LogP contribution in [-0.4, -0.2) is 38.8 Å². The van der Waals surface area contributed by atoms with Crippen LogP contribution >= 0.6 is 0 Å². The predicted octanol–water partition coefficient (Wildman–Crippen LogP) is 3.57. The number of anilines is 1. The maximum atomic E-state index is 13.1. The molecule has 0 aromatic heterocycles. The summed E-state index contributed by atoms with van der Waals surface area (Å²) in [5, 5.41) is 0. The Hall–Kier alpha value is -3.07. The van der Waals surface area contributed by atoms with Gasteiger partial charge >= 0.3 is 0 Å². The Morgan fingerprint density at radius 2 is 1.64 bits per heavy atom. The lowest BCUT2D eigenvalue weighted by atomic mass is 9.81. The second-order valence-corrected chi connectivity index (χ2v) is 9.96. The van der Waals surface area contributed by atoms with Crippen molar-refractivity contribution >= 4 is 27.5 Å². The molecule has 1 aliphatic heterocycles. The summed E-state index contributed by atoms with van der Waals surface area (Å²) in [5.74, 6) is 0.0170. The molecule has 2 atom stereocenters. The molecule has 1 saturated carbocycles. The van der Waals surface area contributed by atoms with Gasteiger partial charge in [-0.2, -0.15) is 0 Å². The number of ether oxygens (including phenoxy) is 2. The smallest absolute Gasteiger partial charge is 0.265 e. The van der Waals surface area contributed by atoms with Gasteiger partial charge in [-0.1, -0.05) is 18.9 Å². The number of benzene rings is 2. The average Bonchev–Trinajstić information content (AvgIpc) is 3.05. The molecule has 4 rings (SSSR count). The number of nitrogens with one attached hydrogen (secondary N) is 1. The molecule has 1 aliphatic carbocycles. The van der Waals surface area contributed by atoms with Gasteiger partial charge in [-0.15, -0.1) is 0 Å². The van der Waals surface area contributed by atoms with Gasteiger partial charge in [-0.25, -0.2) is 8.42 Å². The molecule has 1 heterocycles. The molecular weight excluding hydrogens is 444 g/mol. The van der Waals surface area contributed by atoms with Gasteiger partial charge in [0, 0.05) is 5.69 Å². The molecule has 176 valence electrons. The third kappa shape index (κ3) is 4.68. The number of fused-ring (bicyclic) bond motifs is 1. The van der Waals surface area contributed by atoms with E-state index in [1.165, 1.54) is 18.1 Å². The van der Waals surface area contributed by atoms with Crippen LogP contribution in [0.3, 0.4) is 0 Å². The zero-order valence-corrected chi connectivity index (χ0v) is 19.6. The van der Waals surface area contributed by atoms with Crippen LogP contribution in [0, 0.1) is 11.8 Å². The fraction of sp³-hybridized carbons (Fsp3) is 0.417.